The van der Waals surface area contributed by atoms with Gasteiger partial charge in [0.2, 0.25) is 11.8 Å². The van der Waals surface area contributed by atoms with Crippen molar-refractivity contribution < 1.29 is 15.6 Å². The molecule has 0 bridgehead atoms. The maximum atomic E-state index is 5.93. The summed E-state index contributed by atoms with van der Waals surface area (Å²) in [5.41, 5.74) is 4.53. The molecule has 0 radical (unpaired) electrons. The summed E-state index contributed by atoms with van der Waals surface area (Å²) in [6.07, 6.45) is 7.22. The number of rotatable bonds is 10. The van der Waals surface area contributed by atoms with Gasteiger partial charge in [-0.1, -0.05) is 12.1 Å². The number of pyridine rings is 2. The lowest BCUT2D eigenvalue weighted by Gasteiger charge is -2.09. The molecule has 180 valence electrons. The number of fused-ring (bicyclic) bond motifs is 1. The van der Waals surface area contributed by atoms with Gasteiger partial charge in [0, 0.05) is 51.4 Å². The van der Waals surface area contributed by atoms with Gasteiger partial charge in [-0.3, -0.25) is 4.68 Å². The van der Waals surface area contributed by atoms with Crippen LogP contribution in [0.1, 0.15) is 6.99 Å². The Morgan fingerprint density at radius 1 is 1.00 bits per heavy atom. The van der Waals surface area contributed by atoms with Gasteiger partial charge in [-0.05, 0) is 35.9 Å². The minimum Gasteiger partial charge on any atom is -0.489 e. The van der Waals surface area contributed by atoms with Gasteiger partial charge >= 0.3 is 0 Å². The number of nitrogens with zero attached hydrogens (tertiary/aromatic N) is 6. The first-order chi connectivity index (χ1) is 17.2. The number of aryl methyl sites for hydroxylation is 1. The Balaban J connectivity index is 0.00000304. The molecule has 1 aromatic carbocycles. The zero-order valence-corrected chi connectivity index (χ0v) is 19.5. The van der Waals surface area contributed by atoms with E-state index >= 15 is 0 Å². The molecule has 0 aliphatic heterocycles. The topological polar surface area (TPSA) is 101 Å². The largest absolute Gasteiger partial charge is 0.489 e. The van der Waals surface area contributed by atoms with Crippen LogP contribution in [0, 0.1) is 0 Å². The molecule has 1 N–H and O–H groups in total. The van der Waals surface area contributed by atoms with E-state index in [1.807, 2.05) is 68.0 Å². The van der Waals surface area contributed by atoms with Gasteiger partial charge < -0.3 is 19.5 Å². The zero-order valence-electron chi connectivity index (χ0n) is 19.5. The summed E-state index contributed by atoms with van der Waals surface area (Å²) >= 11 is 0. The van der Waals surface area contributed by atoms with Gasteiger partial charge in [-0.15, -0.1) is 5.10 Å². The molecule has 0 spiro atoms. The van der Waals surface area contributed by atoms with Gasteiger partial charge in [0.15, 0.2) is 5.65 Å². The van der Waals surface area contributed by atoms with E-state index in [1.54, 1.807) is 28.7 Å². The maximum absolute atomic E-state index is 5.93. The molecule has 0 aliphatic carbocycles. The van der Waals surface area contributed by atoms with E-state index in [1.165, 1.54) is 0 Å². The maximum Gasteiger partial charge on any atom is 0.247 e. The summed E-state index contributed by atoms with van der Waals surface area (Å²) in [5, 5.41) is 11.9. The molecule has 35 heavy (non-hydrogen) atoms. The summed E-state index contributed by atoms with van der Waals surface area (Å²) in [6.45, 7) is 1.40. The number of methoxy groups -OCH3 is 1. The van der Waals surface area contributed by atoms with Crippen molar-refractivity contribution in [2.45, 2.75) is 6.61 Å². The smallest absolute Gasteiger partial charge is 0.247 e. The summed E-state index contributed by atoms with van der Waals surface area (Å²) in [5.74, 6) is 1.84. The SMILES string of the molecule is COCCOc1ccc(COc2ccc(-c3cccn4nc(Nc5cnn(C)c5)nc34)cc2)cn1.[HH]. The quantitative estimate of drug-likeness (QED) is 0.302. The molecule has 0 saturated carbocycles. The van der Waals surface area contributed by atoms with Crippen molar-refractivity contribution in [1.82, 2.24) is 29.4 Å². The fourth-order valence-electron chi connectivity index (χ4n) is 3.51. The van der Waals surface area contributed by atoms with Crippen LogP contribution in [0.15, 0.2) is 73.3 Å². The van der Waals surface area contributed by atoms with Crippen LogP contribution in [0.4, 0.5) is 11.6 Å². The van der Waals surface area contributed by atoms with Crippen LogP contribution >= 0.6 is 0 Å². The molecule has 0 amide bonds. The number of ether oxygens (including phenoxy) is 3. The van der Waals surface area contributed by atoms with Crippen LogP contribution in [0.5, 0.6) is 11.6 Å². The second-order valence-electron chi connectivity index (χ2n) is 7.81. The van der Waals surface area contributed by atoms with Crippen molar-refractivity contribution in [2.75, 3.05) is 25.6 Å². The van der Waals surface area contributed by atoms with Crippen molar-refractivity contribution in [1.29, 1.82) is 0 Å². The molecule has 0 saturated heterocycles. The monoisotopic (exact) mass is 473 g/mol. The Kier molecular flexibility index (Phi) is 6.53. The molecular formula is C25H27N7O3. The number of hydrogen-bond acceptors (Lipinski definition) is 8. The second kappa shape index (κ2) is 10.2. The van der Waals surface area contributed by atoms with Crippen LogP contribution in [0.2, 0.25) is 0 Å². The number of nitrogens with one attached hydrogen (secondary N) is 1. The Morgan fingerprint density at radius 3 is 2.63 bits per heavy atom. The van der Waals surface area contributed by atoms with Gasteiger partial charge in [0.1, 0.15) is 19.0 Å². The van der Waals surface area contributed by atoms with Crippen LogP contribution in [-0.4, -0.2) is 49.7 Å². The molecule has 5 aromatic rings. The third-order valence-electron chi connectivity index (χ3n) is 5.23. The van der Waals surface area contributed by atoms with Gasteiger partial charge in [0.05, 0.1) is 18.5 Å². The number of aromatic nitrogens is 6. The third-order valence-corrected chi connectivity index (χ3v) is 5.23. The first kappa shape index (κ1) is 22.4. The van der Waals surface area contributed by atoms with E-state index in [4.69, 9.17) is 14.2 Å². The normalized spacial score (nSPS) is 11.0. The molecule has 10 heteroatoms. The third kappa shape index (κ3) is 5.39. The fourth-order valence-corrected chi connectivity index (χ4v) is 3.51. The van der Waals surface area contributed by atoms with E-state index in [0.717, 1.165) is 33.8 Å². The van der Waals surface area contributed by atoms with E-state index in [2.05, 4.69) is 25.5 Å². The predicted molar refractivity (Wildman–Crippen MR) is 133 cm³/mol. The fraction of sp³-hybridized carbons (Fsp3) is 0.200. The predicted octanol–water partition coefficient (Wildman–Crippen LogP) is 4.12. The Hall–Kier alpha value is -4.44. The van der Waals surface area contributed by atoms with E-state index in [9.17, 15) is 0 Å². The highest BCUT2D eigenvalue weighted by molar-refractivity contribution is 5.78. The van der Waals surface area contributed by atoms with Crippen LogP contribution < -0.4 is 14.8 Å². The van der Waals surface area contributed by atoms with Crippen molar-refractivity contribution in [3.05, 3.63) is 78.9 Å². The lowest BCUT2D eigenvalue weighted by molar-refractivity contribution is 0.143. The number of hydrogen-bond donors (Lipinski definition) is 1. The lowest BCUT2D eigenvalue weighted by atomic mass is 10.1. The highest BCUT2D eigenvalue weighted by Crippen LogP contribution is 2.27. The lowest BCUT2D eigenvalue weighted by Crippen LogP contribution is -2.05. The highest BCUT2D eigenvalue weighted by Gasteiger charge is 2.11. The van der Waals surface area contributed by atoms with Gasteiger partial charge in [0.25, 0.3) is 0 Å². The molecular weight excluding hydrogens is 446 g/mol. The van der Waals surface area contributed by atoms with E-state index in [-0.39, 0.29) is 1.43 Å². The molecule has 4 aromatic heterocycles. The molecule has 0 atom stereocenters. The molecule has 5 rings (SSSR count). The highest BCUT2D eigenvalue weighted by atomic mass is 16.5. The number of benzene rings is 1. The Bertz CT molecular complexity index is 1400. The van der Waals surface area contributed by atoms with Crippen LogP contribution in [0.3, 0.4) is 0 Å². The van der Waals surface area contributed by atoms with E-state index in [0.29, 0.717) is 31.6 Å². The van der Waals surface area contributed by atoms with Gasteiger partial charge in [-0.25, -0.2) is 9.50 Å². The second-order valence-corrected chi connectivity index (χ2v) is 7.81. The standard InChI is InChI=1S/C25H25N7O3.H2/c1-31-16-20(15-27-31)28-25-29-24-22(4-3-11-32(24)30-25)19-6-8-21(9-7-19)35-17-18-5-10-23(26-14-18)34-13-12-33-2;/h3-11,14-16H,12-13,17H2,1-2H3,(H,28,30);1H. The van der Waals surface area contributed by atoms with Crippen molar-refractivity contribution in [3.8, 4) is 22.8 Å². The van der Waals surface area contributed by atoms with Crippen molar-refractivity contribution >= 4 is 17.3 Å². The van der Waals surface area contributed by atoms with Crippen molar-refractivity contribution in [2.24, 2.45) is 7.05 Å². The summed E-state index contributed by atoms with van der Waals surface area (Å²) in [4.78, 5) is 8.96. The average molecular weight is 474 g/mol. The van der Waals surface area contributed by atoms with Crippen LogP contribution in [0.25, 0.3) is 16.8 Å². The molecule has 4 heterocycles. The Labute approximate surface area is 203 Å². The summed E-state index contributed by atoms with van der Waals surface area (Å²) in [7, 11) is 3.50. The van der Waals surface area contributed by atoms with Crippen molar-refractivity contribution in [3.63, 3.8) is 0 Å². The molecule has 0 fully saturated rings. The summed E-state index contributed by atoms with van der Waals surface area (Å²) < 4.78 is 19.9. The molecule has 0 unspecified atom stereocenters. The minimum atomic E-state index is 0. The molecule has 10 nitrogen and oxygen atoms in total. The van der Waals surface area contributed by atoms with Crippen LogP contribution in [-0.2, 0) is 18.4 Å². The molecule has 0 aliphatic rings. The first-order valence-corrected chi connectivity index (χ1v) is 11.1. The first-order valence-electron chi connectivity index (χ1n) is 11.1. The van der Waals surface area contributed by atoms with E-state index < -0.39 is 0 Å². The zero-order chi connectivity index (χ0) is 24.0. The summed E-state index contributed by atoms with van der Waals surface area (Å²) in [6, 6.07) is 15.7. The number of anilines is 2. The Morgan fingerprint density at radius 2 is 1.89 bits per heavy atom. The van der Waals surface area contributed by atoms with Gasteiger partial charge in [-0.2, -0.15) is 10.1 Å². The minimum absolute atomic E-state index is 0. The average Bonchev–Trinajstić information content (AvgIpc) is 3.49.